The van der Waals surface area contributed by atoms with E-state index in [1.807, 2.05) is 11.5 Å². The first-order valence-electron chi connectivity index (χ1n) is 8.72. The molecule has 0 radical (unpaired) electrons. The van der Waals surface area contributed by atoms with Crippen molar-refractivity contribution in [1.29, 1.82) is 0 Å². The smallest absolute Gasteiger partial charge is 0.223 e. The lowest BCUT2D eigenvalue weighted by Crippen LogP contribution is -2.39. The van der Waals surface area contributed by atoms with Gasteiger partial charge in [-0.05, 0) is 31.6 Å². The van der Waals surface area contributed by atoms with Crippen LogP contribution in [0.25, 0.3) is 0 Å². The molecular formula is C18H30N2O3. The molecule has 2 unspecified atom stereocenters. The number of piperidine rings is 1. The van der Waals surface area contributed by atoms with Crippen molar-refractivity contribution in [1.82, 2.24) is 9.47 Å². The minimum Gasteiger partial charge on any atom is -0.503 e. The van der Waals surface area contributed by atoms with E-state index in [2.05, 4.69) is 18.7 Å². The molecule has 1 aromatic heterocycles. The molecule has 1 fully saturated rings. The van der Waals surface area contributed by atoms with Crippen LogP contribution in [0.4, 0.5) is 0 Å². The SMILES string of the molecule is CCOCCCn1cc(O)c(=O)cc1CN1CC(C)CC(C)C1. The number of hydrogen-bond acceptors (Lipinski definition) is 4. The number of ether oxygens (including phenoxy) is 1. The van der Waals surface area contributed by atoms with E-state index in [0.717, 1.165) is 38.3 Å². The fourth-order valence-corrected chi connectivity index (χ4v) is 3.58. The van der Waals surface area contributed by atoms with E-state index < -0.39 is 0 Å². The Morgan fingerprint density at radius 3 is 2.65 bits per heavy atom. The second-order valence-corrected chi connectivity index (χ2v) is 6.90. The maximum absolute atomic E-state index is 11.8. The van der Waals surface area contributed by atoms with Gasteiger partial charge in [-0.25, -0.2) is 0 Å². The molecule has 5 heteroatoms. The Bertz CT molecular complexity index is 546. The van der Waals surface area contributed by atoms with Crippen LogP contribution in [0.3, 0.4) is 0 Å². The van der Waals surface area contributed by atoms with E-state index in [-0.39, 0.29) is 11.2 Å². The largest absolute Gasteiger partial charge is 0.503 e. The highest BCUT2D eigenvalue weighted by Gasteiger charge is 2.22. The van der Waals surface area contributed by atoms with Crippen molar-refractivity contribution in [3.8, 4) is 5.75 Å². The number of hydrogen-bond donors (Lipinski definition) is 1. The Morgan fingerprint density at radius 1 is 1.30 bits per heavy atom. The zero-order valence-electron chi connectivity index (χ0n) is 14.6. The molecular weight excluding hydrogens is 292 g/mol. The lowest BCUT2D eigenvalue weighted by atomic mass is 9.92. The van der Waals surface area contributed by atoms with Crippen molar-refractivity contribution in [2.45, 2.75) is 46.7 Å². The highest BCUT2D eigenvalue weighted by Crippen LogP contribution is 2.22. The minimum absolute atomic E-state index is 0.175. The third-order valence-corrected chi connectivity index (χ3v) is 4.42. The summed E-state index contributed by atoms with van der Waals surface area (Å²) in [4.78, 5) is 14.3. The monoisotopic (exact) mass is 322 g/mol. The molecule has 0 spiro atoms. The minimum atomic E-state index is -0.292. The number of pyridine rings is 1. The van der Waals surface area contributed by atoms with E-state index in [1.54, 1.807) is 12.3 Å². The summed E-state index contributed by atoms with van der Waals surface area (Å²) >= 11 is 0. The number of aryl methyl sites for hydroxylation is 1. The molecule has 1 saturated heterocycles. The summed E-state index contributed by atoms with van der Waals surface area (Å²) in [6, 6.07) is 1.58. The summed E-state index contributed by atoms with van der Waals surface area (Å²) in [6.07, 6.45) is 3.71. The van der Waals surface area contributed by atoms with E-state index in [9.17, 15) is 9.90 Å². The first-order chi connectivity index (χ1) is 11.0. The van der Waals surface area contributed by atoms with Crippen LogP contribution in [-0.4, -0.2) is 40.9 Å². The van der Waals surface area contributed by atoms with Crippen LogP contribution in [0.5, 0.6) is 5.75 Å². The maximum atomic E-state index is 11.8. The standard InChI is InChI=1S/C18H30N2O3/c1-4-23-7-5-6-20-13-18(22)17(21)9-16(20)12-19-10-14(2)8-15(3)11-19/h9,13-15,22H,4-8,10-12H2,1-3H3. The molecule has 1 aromatic rings. The van der Waals surface area contributed by atoms with Gasteiger partial charge in [-0.2, -0.15) is 0 Å². The molecule has 2 atom stereocenters. The molecule has 0 aromatic carbocycles. The Kier molecular flexibility index (Phi) is 6.66. The van der Waals surface area contributed by atoms with Crippen molar-refractivity contribution in [2.24, 2.45) is 11.8 Å². The second kappa shape index (κ2) is 8.50. The van der Waals surface area contributed by atoms with Gasteiger partial charge in [0.05, 0.1) is 6.20 Å². The van der Waals surface area contributed by atoms with Gasteiger partial charge in [0, 0.05) is 51.2 Å². The van der Waals surface area contributed by atoms with Crippen molar-refractivity contribution in [3.63, 3.8) is 0 Å². The fourth-order valence-electron chi connectivity index (χ4n) is 3.58. The van der Waals surface area contributed by atoms with Crippen LogP contribution < -0.4 is 5.43 Å². The van der Waals surface area contributed by atoms with Crippen LogP contribution >= 0.6 is 0 Å². The molecule has 1 aliphatic rings. The summed E-state index contributed by atoms with van der Waals surface area (Å²) < 4.78 is 7.38. The number of likely N-dealkylation sites (tertiary alicyclic amines) is 1. The molecule has 0 bridgehead atoms. The molecule has 5 nitrogen and oxygen atoms in total. The maximum Gasteiger partial charge on any atom is 0.223 e. The fraction of sp³-hybridized carbons (Fsp3) is 0.722. The van der Waals surface area contributed by atoms with Crippen LogP contribution in [-0.2, 0) is 17.8 Å². The van der Waals surface area contributed by atoms with Gasteiger partial charge in [0.25, 0.3) is 0 Å². The zero-order chi connectivity index (χ0) is 16.8. The van der Waals surface area contributed by atoms with Crippen molar-refractivity contribution in [2.75, 3.05) is 26.3 Å². The van der Waals surface area contributed by atoms with Crippen LogP contribution in [0.1, 0.15) is 39.3 Å². The lowest BCUT2D eigenvalue weighted by Gasteiger charge is -2.35. The zero-order valence-corrected chi connectivity index (χ0v) is 14.6. The number of aromatic hydroxyl groups is 1. The summed E-state index contributed by atoms with van der Waals surface area (Å²) in [6.45, 7) is 11.6. The van der Waals surface area contributed by atoms with E-state index >= 15 is 0 Å². The third-order valence-electron chi connectivity index (χ3n) is 4.42. The normalized spacial score (nSPS) is 22.4. The van der Waals surface area contributed by atoms with Gasteiger partial charge in [0.1, 0.15) is 0 Å². The van der Waals surface area contributed by atoms with Gasteiger partial charge in [-0.15, -0.1) is 0 Å². The highest BCUT2D eigenvalue weighted by molar-refractivity contribution is 5.20. The average Bonchev–Trinajstić information content (AvgIpc) is 2.47. The third kappa shape index (κ3) is 5.36. The molecule has 0 saturated carbocycles. The summed E-state index contributed by atoms with van der Waals surface area (Å²) in [5, 5.41) is 9.74. The predicted octanol–water partition coefficient (Wildman–Crippen LogP) is 2.46. The molecule has 1 aliphatic heterocycles. The van der Waals surface area contributed by atoms with Gasteiger partial charge in [-0.1, -0.05) is 13.8 Å². The molecule has 2 heterocycles. The van der Waals surface area contributed by atoms with Gasteiger partial charge in [-0.3, -0.25) is 9.69 Å². The van der Waals surface area contributed by atoms with Gasteiger partial charge in [0.15, 0.2) is 5.75 Å². The summed E-state index contributed by atoms with van der Waals surface area (Å²) in [5.74, 6) is 1.20. The topological polar surface area (TPSA) is 54.7 Å². The lowest BCUT2D eigenvalue weighted by molar-refractivity contribution is 0.128. The first kappa shape index (κ1) is 18.0. The van der Waals surface area contributed by atoms with E-state index in [1.165, 1.54) is 6.42 Å². The molecule has 1 N–H and O–H groups in total. The molecule has 130 valence electrons. The Labute approximate surface area is 138 Å². The van der Waals surface area contributed by atoms with Crippen molar-refractivity contribution >= 4 is 0 Å². The molecule has 23 heavy (non-hydrogen) atoms. The summed E-state index contributed by atoms with van der Waals surface area (Å²) in [7, 11) is 0. The molecule has 2 rings (SSSR count). The molecule has 0 amide bonds. The van der Waals surface area contributed by atoms with E-state index in [4.69, 9.17) is 4.74 Å². The Hall–Kier alpha value is -1.33. The number of rotatable bonds is 7. The first-order valence-corrected chi connectivity index (χ1v) is 8.72. The van der Waals surface area contributed by atoms with Gasteiger partial charge < -0.3 is 14.4 Å². The highest BCUT2D eigenvalue weighted by atomic mass is 16.5. The van der Waals surface area contributed by atoms with Gasteiger partial charge in [0.2, 0.25) is 5.43 Å². The second-order valence-electron chi connectivity index (χ2n) is 6.90. The van der Waals surface area contributed by atoms with Gasteiger partial charge >= 0.3 is 0 Å². The quantitative estimate of drug-likeness (QED) is 0.784. The summed E-state index contributed by atoms with van der Waals surface area (Å²) in [5.41, 5.74) is 0.685. The Balaban J connectivity index is 2.09. The number of nitrogens with zero attached hydrogens (tertiary/aromatic N) is 2. The Morgan fingerprint density at radius 2 is 2.00 bits per heavy atom. The van der Waals surface area contributed by atoms with Crippen LogP contribution in [0.2, 0.25) is 0 Å². The van der Waals surface area contributed by atoms with Crippen molar-refractivity contribution < 1.29 is 9.84 Å². The molecule has 0 aliphatic carbocycles. The van der Waals surface area contributed by atoms with Crippen LogP contribution in [0.15, 0.2) is 17.1 Å². The number of aromatic nitrogens is 1. The van der Waals surface area contributed by atoms with Crippen molar-refractivity contribution in [3.05, 3.63) is 28.2 Å². The average molecular weight is 322 g/mol. The van der Waals surface area contributed by atoms with Crippen LogP contribution in [0, 0.1) is 11.8 Å². The van der Waals surface area contributed by atoms with E-state index in [0.29, 0.717) is 25.0 Å². The predicted molar refractivity (Wildman–Crippen MR) is 91.7 cm³/mol.